The van der Waals surface area contributed by atoms with E-state index in [4.69, 9.17) is 0 Å². The molecule has 0 unspecified atom stereocenters. The van der Waals surface area contributed by atoms with Gasteiger partial charge in [-0.15, -0.1) is 11.3 Å². The molecule has 1 heterocycles. The SMILES string of the molecule is CC(=NNC(=O)c1ccc(-c2ccccc2)cc1)c1cccs1. The van der Waals surface area contributed by atoms with Gasteiger partial charge >= 0.3 is 0 Å². The van der Waals surface area contributed by atoms with Crippen LogP contribution in [0.15, 0.2) is 77.2 Å². The van der Waals surface area contributed by atoms with E-state index in [2.05, 4.69) is 10.5 Å². The molecule has 0 bridgehead atoms. The van der Waals surface area contributed by atoms with Gasteiger partial charge < -0.3 is 0 Å². The summed E-state index contributed by atoms with van der Waals surface area (Å²) in [5.41, 5.74) is 6.21. The van der Waals surface area contributed by atoms with E-state index >= 15 is 0 Å². The van der Waals surface area contributed by atoms with E-state index in [-0.39, 0.29) is 5.91 Å². The standard InChI is InChI=1S/C19H16N2OS/c1-14(18-8-5-13-23-18)20-21-19(22)17-11-9-16(10-12-17)15-6-3-2-4-7-15/h2-13H,1H3,(H,21,22). The maximum atomic E-state index is 12.2. The zero-order valence-corrected chi connectivity index (χ0v) is 13.5. The molecule has 3 rings (SSSR count). The van der Waals surface area contributed by atoms with Crippen LogP contribution >= 0.6 is 11.3 Å². The summed E-state index contributed by atoms with van der Waals surface area (Å²) in [4.78, 5) is 13.2. The second kappa shape index (κ2) is 7.03. The van der Waals surface area contributed by atoms with Crippen LogP contribution in [0.2, 0.25) is 0 Å². The van der Waals surface area contributed by atoms with Crippen molar-refractivity contribution in [2.45, 2.75) is 6.92 Å². The first-order chi connectivity index (χ1) is 11.2. The molecule has 23 heavy (non-hydrogen) atoms. The minimum absolute atomic E-state index is 0.208. The molecule has 0 aliphatic rings. The van der Waals surface area contributed by atoms with E-state index in [1.165, 1.54) is 0 Å². The molecule has 4 heteroatoms. The summed E-state index contributed by atoms with van der Waals surface area (Å²) in [6.07, 6.45) is 0. The van der Waals surface area contributed by atoms with Crippen molar-refractivity contribution in [3.8, 4) is 11.1 Å². The third-order valence-corrected chi connectivity index (χ3v) is 4.44. The third kappa shape index (κ3) is 3.73. The summed E-state index contributed by atoms with van der Waals surface area (Å²) in [5, 5.41) is 6.14. The molecule has 0 aliphatic heterocycles. The molecule has 0 saturated heterocycles. The first-order valence-corrected chi connectivity index (χ1v) is 8.16. The fourth-order valence-corrected chi connectivity index (χ4v) is 2.86. The lowest BCUT2D eigenvalue weighted by molar-refractivity contribution is 0.0955. The molecule has 0 spiro atoms. The second-order valence-corrected chi connectivity index (χ2v) is 6.01. The van der Waals surface area contributed by atoms with Crippen LogP contribution in [-0.2, 0) is 0 Å². The molecule has 0 radical (unpaired) electrons. The Balaban J connectivity index is 1.70. The highest BCUT2D eigenvalue weighted by Gasteiger charge is 2.06. The molecular formula is C19H16N2OS. The second-order valence-electron chi connectivity index (χ2n) is 5.06. The average Bonchev–Trinajstić information content (AvgIpc) is 3.15. The molecule has 1 aromatic heterocycles. The van der Waals surface area contributed by atoms with Crippen LogP contribution in [0.3, 0.4) is 0 Å². The van der Waals surface area contributed by atoms with Gasteiger partial charge in [0.05, 0.1) is 5.71 Å². The van der Waals surface area contributed by atoms with Crippen LogP contribution in [0, 0.1) is 0 Å². The van der Waals surface area contributed by atoms with Gasteiger partial charge in [-0.1, -0.05) is 48.5 Å². The monoisotopic (exact) mass is 320 g/mol. The molecule has 114 valence electrons. The quantitative estimate of drug-likeness (QED) is 0.555. The highest BCUT2D eigenvalue weighted by atomic mass is 32.1. The summed E-state index contributed by atoms with van der Waals surface area (Å²) in [6, 6.07) is 21.5. The molecular weight excluding hydrogens is 304 g/mol. The van der Waals surface area contributed by atoms with Gasteiger partial charge in [0.15, 0.2) is 0 Å². The van der Waals surface area contributed by atoms with E-state index in [1.54, 1.807) is 11.3 Å². The Morgan fingerprint density at radius 2 is 1.61 bits per heavy atom. The number of benzene rings is 2. The number of amides is 1. The van der Waals surface area contributed by atoms with Gasteiger partial charge in [0.25, 0.3) is 5.91 Å². The minimum Gasteiger partial charge on any atom is -0.267 e. The van der Waals surface area contributed by atoms with Crippen molar-refractivity contribution in [3.05, 3.63) is 82.6 Å². The highest BCUT2D eigenvalue weighted by molar-refractivity contribution is 7.12. The number of carbonyl (C=O) groups excluding carboxylic acids is 1. The molecule has 3 aromatic rings. The lowest BCUT2D eigenvalue weighted by Crippen LogP contribution is -2.19. The highest BCUT2D eigenvalue weighted by Crippen LogP contribution is 2.19. The normalized spacial score (nSPS) is 11.3. The maximum Gasteiger partial charge on any atom is 0.271 e. The average molecular weight is 320 g/mol. The largest absolute Gasteiger partial charge is 0.271 e. The lowest BCUT2D eigenvalue weighted by atomic mass is 10.0. The van der Waals surface area contributed by atoms with Crippen molar-refractivity contribution in [2.24, 2.45) is 5.10 Å². The first-order valence-electron chi connectivity index (χ1n) is 7.28. The molecule has 2 aromatic carbocycles. The number of hydrazone groups is 1. The third-order valence-electron chi connectivity index (χ3n) is 3.46. The Kier molecular flexibility index (Phi) is 4.64. The van der Waals surface area contributed by atoms with Crippen LogP contribution in [0.1, 0.15) is 22.2 Å². The van der Waals surface area contributed by atoms with Gasteiger partial charge in [-0.05, 0) is 41.6 Å². The van der Waals surface area contributed by atoms with Crippen LogP contribution < -0.4 is 5.43 Å². The van der Waals surface area contributed by atoms with Gasteiger partial charge in [0.1, 0.15) is 0 Å². The summed E-state index contributed by atoms with van der Waals surface area (Å²) in [5.74, 6) is -0.208. The number of nitrogens with zero attached hydrogens (tertiary/aromatic N) is 1. The molecule has 0 saturated carbocycles. The van der Waals surface area contributed by atoms with Crippen molar-refractivity contribution < 1.29 is 4.79 Å². The summed E-state index contributed by atoms with van der Waals surface area (Å²) in [7, 11) is 0. The number of rotatable bonds is 4. The van der Waals surface area contributed by atoms with Crippen molar-refractivity contribution in [2.75, 3.05) is 0 Å². The summed E-state index contributed by atoms with van der Waals surface area (Å²) in [6.45, 7) is 1.88. The zero-order valence-electron chi connectivity index (χ0n) is 12.7. The lowest BCUT2D eigenvalue weighted by Gasteiger charge is -2.04. The fraction of sp³-hybridized carbons (Fsp3) is 0.0526. The Morgan fingerprint density at radius 3 is 2.26 bits per heavy atom. The minimum atomic E-state index is -0.208. The number of thiophene rings is 1. The van der Waals surface area contributed by atoms with E-state index < -0.39 is 0 Å². The number of hydrogen-bond acceptors (Lipinski definition) is 3. The van der Waals surface area contributed by atoms with Gasteiger partial charge in [0.2, 0.25) is 0 Å². The van der Waals surface area contributed by atoms with Gasteiger partial charge in [-0.2, -0.15) is 5.10 Å². The van der Waals surface area contributed by atoms with E-state index in [0.717, 1.165) is 21.7 Å². The van der Waals surface area contributed by atoms with Crippen molar-refractivity contribution in [1.29, 1.82) is 0 Å². The predicted molar refractivity (Wildman–Crippen MR) is 95.9 cm³/mol. The Hall–Kier alpha value is -2.72. The topological polar surface area (TPSA) is 41.5 Å². The summed E-state index contributed by atoms with van der Waals surface area (Å²) < 4.78 is 0. The molecule has 0 aliphatic carbocycles. The smallest absolute Gasteiger partial charge is 0.267 e. The van der Waals surface area contributed by atoms with Crippen molar-refractivity contribution >= 4 is 23.0 Å². The Morgan fingerprint density at radius 1 is 0.913 bits per heavy atom. The van der Waals surface area contributed by atoms with Gasteiger partial charge in [-0.3, -0.25) is 4.79 Å². The van der Waals surface area contributed by atoms with Crippen LogP contribution in [-0.4, -0.2) is 11.6 Å². The van der Waals surface area contributed by atoms with E-state index in [1.807, 2.05) is 79.0 Å². The molecule has 1 N–H and O–H groups in total. The van der Waals surface area contributed by atoms with Crippen molar-refractivity contribution in [3.63, 3.8) is 0 Å². The zero-order chi connectivity index (χ0) is 16.1. The first kappa shape index (κ1) is 15.2. The van der Waals surface area contributed by atoms with E-state index in [9.17, 15) is 4.79 Å². The van der Waals surface area contributed by atoms with Crippen LogP contribution in [0.25, 0.3) is 11.1 Å². The summed E-state index contributed by atoms with van der Waals surface area (Å²) >= 11 is 1.60. The molecule has 0 fully saturated rings. The Labute approximate surface area is 139 Å². The molecule has 1 amide bonds. The molecule has 3 nitrogen and oxygen atoms in total. The number of carbonyl (C=O) groups is 1. The predicted octanol–water partition coefficient (Wildman–Crippen LogP) is 4.57. The van der Waals surface area contributed by atoms with Gasteiger partial charge in [-0.25, -0.2) is 5.43 Å². The fourth-order valence-electron chi connectivity index (χ4n) is 2.18. The van der Waals surface area contributed by atoms with Crippen LogP contribution in [0.4, 0.5) is 0 Å². The van der Waals surface area contributed by atoms with Crippen molar-refractivity contribution in [1.82, 2.24) is 5.43 Å². The van der Waals surface area contributed by atoms with Gasteiger partial charge in [0, 0.05) is 10.4 Å². The molecule has 0 atom stereocenters. The van der Waals surface area contributed by atoms with E-state index in [0.29, 0.717) is 5.56 Å². The Bertz CT molecular complexity index is 806. The number of nitrogens with one attached hydrogen (secondary N) is 1. The van der Waals surface area contributed by atoms with Crippen LogP contribution in [0.5, 0.6) is 0 Å². The number of hydrogen-bond donors (Lipinski definition) is 1. The maximum absolute atomic E-state index is 12.2.